The molecule has 168 valence electrons. The number of methoxy groups -OCH3 is 2. The van der Waals surface area contributed by atoms with Gasteiger partial charge in [0.1, 0.15) is 5.70 Å². The van der Waals surface area contributed by atoms with Crippen molar-refractivity contribution in [2.75, 3.05) is 33.9 Å². The molecule has 2 aliphatic heterocycles. The molecule has 1 saturated heterocycles. The Bertz CT molecular complexity index is 1030. The van der Waals surface area contributed by atoms with Crippen molar-refractivity contribution in [3.8, 4) is 11.5 Å². The van der Waals surface area contributed by atoms with E-state index in [1.54, 1.807) is 26.4 Å². The lowest BCUT2D eigenvalue weighted by Crippen LogP contribution is -2.40. The molecule has 2 aliphatic rings. The second-order valence-electron chi connectivity index (χ2n) is 8.11. The maximum absolute atomic E-state index is 13.6. The predicted molar refractivity (Wildman–Crippen MR) is 120 cm³/mol. The average molecular weight is 437 g/mol. The number of hydrogen-bond donors (Lipinski definition) is 1. The van der Waals surface area contributed by atoms with Crippen LogP contribution in [0.4, 0.5) is 0 Å². The van der Waals surface area contributed by atoms with Gasteiger partial charge in [-0.1, -0.05) is 36.4 Å². The van der Waals surface area contributed by atoms with E-state index in [4.69, 9.17) is 9.47 Å². The van der Waals surface area contributed by atoms with Crippen LogP contribution in [-0.2, 0) is 16.1 Å². The van der Waals surface area contributed by atoms with Crippen LogP contribution in [0.3, 0.4) is 0 Å². The molecule has 0 bridgehead atoms. The monoisotopic (exact) mass is 436 g/mol. The van der Waals surface area contributed by atoms with Gasteiger partial charge in [-0.25, -0.2) is 0 Å². The number of imide groups is 1. The summed E-state index contributed by atoms with van der Waals surface area (Å²) in [6, 6.07) is 14.7. The van der Waals surface area contributed by atoms with Crippen molar-refractivity contribution in [2.24, 2.45) is 5.92 Å². The van der Waals surface area contributed by atoms with Crippen molar-refractivity contribution in [2.45, 2.75) is 19.4 Å². The summed E-state index contributed by atoms with van der Waals surface area (Å²) in [5.41, 5.74) is 2.35. The Hall–Kier alpha value is -3.32. The molecule has 2 aromatic carbocycles. The first-order chi connectivity index (χ1) is 15.6. The minimum Gasteiger partial charge on any atom is -0.493 e. The van der Waals surface area contributed by atoms with Gasteiger partial charge in [0, 0.05) is 19.7 Å². The third-order valence-corrected chi connectivity index (χ3v) is 6.09. The van der Waals surface area contributed by atoms with Crippen LogP contribution >= 0.6 is 0 Å². The fourth-order valence-corrected chi connectivity index (χ4v) is 4.44. The SMILES string of the molecule is COc1ccc(CN2C(=O)C(c3ccccc3)=C(N3CCCC(CO)C3)C2=O)cc1OC. The Morgan fingerprint density at radius 1 is 1.00 bits per heavy atom. The average Bonchev–Trinajstić information content (AvgIpc) is 3.09. The smallest absolute Gasteiger partial charge is 0.278 e. The molecule has 32 heavy (non-hydrogen) atoms. The molecule has 0 radical (unpaired) electrons. The number of amides is 2. The van der Waals surface area contributed by atoms with Gasteiger partial charge in [0.05, 0.1) is 26.3 Å². The Labute approximate surface area is 187 Å². The summed E-state index contributed by atoms with van der Waals surface area (Å²) >= 11 is 0. The Kier molecular flexibility index (Phi) is 6.46. The number of rotatable bonds is 7. The van der Waals surface area contributed by atoms with E-state index in [0.29, 0.717) is 35.9 Å². The molecule has 0 aliphatic carbocycles. The molecular formula is C25H28N2O5. The topological polar surface area (TPSA) is 79.3 Å². The number of carbonyl (C=O) groups is 2. The van der Waals surface area contributed by atoms with E-state index in [1.165, 1.54) is 4.90 Å². The molecule has 1 unspecified atom stereocenters. The van der Waals surface area contributed by atoms with Gasteiger partial charge in [-0.15, -0.1) is 0 Å². The van der Waals surface area contributed by atoms with Gasteiger partial charge in [0.25, 0.3) is 11.8 Å². The highest BCUT2D eigenvalue weighted by Gasteiger charge is 2.42. The number of aliphatic hydroxyl groups is 1. The first-order valence-electron chi connectivity index (χ1n) is 10.8. The summed E-state index contributed by atoms with van der Waals surface area (Å²) in [4.78, 5) is 30.3. The number of carbonyl (C=O) groups excluding carboxylic acids is 2. The van der Waals surface area contributed by atoms with Gasteiger partial charge >= 0.3 is 0 Å². The lowest BCUT2D eigenvalue weighted by Gasteiger charge is -2.34. The number of hydrogen-bond acceptors (Lipinski definition) is 6. The van der Waals surface area contributed by atoms with E-state index in [9.17, 15) is 14.7 Å². The van der Waals surface area contributed by atoms with Crippen LogP contribution in [0, 0.1) is 5.92 Å². The maximum atomic E-state index is 13.6. The number of benzene rings is 2. The lowest BCUT2D eigenvalue weighted by atomic mass is 9.97. The second kappa shape index (κ2) is 9.44. The van der Waals surface area contributed by atoms with Gasteiger partial charge in [0.15, 0.2) is 11.5 Å². The lowest BCUT2D eigenvalue weighted by molar-refractivity contribution is -0.138. The molecular weight excluding hydrogens is 408 g/mol. The number of nitrogens with zero attached hydrogens (tertiary/aromatic N) is 2. The normalized spacial score (nSPS) is 19.0. The fourth-order valence-electron chi connectivity index (χ4n) is 4.44. The first-order valence-corrected chi connectivity index (χ1v) is 10.8. The zero-order valence-corrected chi connectivity index (χ0v) is 18.4. The number of likely N-dealkylation sites (tertiary alicyclic amines) is 1. The van der Waals surface area contributed by atoms with Crippen LogP contribution in [0.25, 0.3) is 5.57 Å². The molecule has 0 aromatic heterocycles. The number of piperidine rings is 1. The molecule has 1 fully saturated rings. The molecule has 2 amide bonds. The molecule has 2 heterocycles. The van der Waals surface area contributed by atoms with E-state index in [1.807, 2.05) is 41.3 Å². The van der Waals surface area contributed by atoms with Crippen LogP contribution in [0.1, 0.15) is 24.0 Å². The highest BCUT2D eigenvalue weighted by atomic mass is 16.5. The molecule has 4 rings (SSSR count). The molecule has 0 saturated carbocycles. The minimum absolute atomic E-state index is 0.0714. The first kappa shape index (κ1) is 21.9. The molecule has 1 atom stereocenters. The molecule has 2 aromatic rings. The summed E-state index contributed by atoms with van der Waals surface area (Å²) in [6.45, 7) is 1.45. The van der Waals surface area contributed by atoms with Crippen molar-refractivity contribution in [3.63, 3.8) is 0 Å². The highest BCUT2D eigenvalue weighted by Crippen LogP contribution is 2.35. The highest BCUT2D eigenvalue weighted by molar-refractivity contribution is 6.35. The minimum atomic E-state index is -0.308. The van der Waals surface area contributed by atoms with Gasteiger partial charge in [-0.2, -0.15) is 0 Å². The third kappa shape index (κ3) is 4.08. The molecule has 7 heteroatoms. The molecule has 0 spiro atoms. The largest absolute Gasteiger partial charge is 0.493 e. The van der Waals surface area contributed by atoms with E-state index in [-0.39, 0.29) is 30.9 Å². The van der Waals surface area contributed by atoms with E-state index < -0.39 is 0 Å². The van der Waals surface area contributed by atoms with Crippen molar-refractivity contribution in [1.29, 1.82) is 0 Å². The fraction of sp³-hybridized carbons (Fsp3) is 0.360. The Balaban J connectivity index is 1.69. The molecule has 1 N–H and O–H groups in total. The summed E-state index contributed by atoms with van der Waals surface area (Å²) < 4.78 is 10.7. The van der Waals surface area contributed by atoms with Crippen LogP contribution < -0.4 is 9.47 Å². The molecule has 7 nitrogen and oxygen atoms in total. The van der Waals surface area contributed by atoms with Gasteiger partial charge in [0.2, 0.25) is 0 Å². The summed E-state index contributed by atoms with van der Waals surface area (Å²) in [7, 11) is 3.11. The Morgan fingerprint density at radius 3 is 2.44 bits per heavy atom. The van der Waals surface area contributed by atoms with Gasteiger partial charge in [-0.05, 0) is 42.0 Å². The van der Waals surface area contributed by atoms with E-state index in [2.05, 4.69) is 0 Å². The van der Waals surface area contributed by atoms with Gasteiger partial charge in [-0.3, -0.25) is 14.5 Å². The number of aliphatic hydroxyl groups excluding tert-OH is 1. The van der Waals surface area contributed by atoms with Crippen molar-refractivity contribution >= 4 is 17.4 Å². The maximum Gasteiger partial charge on any atom is 0.278 e. The standard InChI is InChI=1S/C25H28N2O5/c1-31-20-11-10-17(13-21(20)32-2)15-27-24(29)22(19-8-4-3-5-9-19)23(25(27)30)26-12-6-7-18(14-26)16-28/h3-5,8-11,13,18,28H,6-7,12,14-16H2,1-2H3. The summed E-state index contributed by atoms with van der Waals surface area (Å²) in [5.74, 6) is 0.611. The van der Waals surface area contributed by atoms with Crippen LogP contribution in [0.15, 0.2) is 54.2 Å². The van der Waals surface area contributed by atoms with Gasteiger partial charge < -0.3 is 19.5 Å². The van der Waals surface area contributed by atoms with Crippen molar-refractivity contribution in [3.05, 3.63) is 65.4 Å². The predicted octanol–water partition coefficient (Wildman–Crippen LogP) is 2.69. The third-order valence-electron chi connectivity index (χ3n) is 6.09. The van der Waals surface area contributed by atoms with Crippen LogP contribution in [0.5, 0.6) is 11.5 Å². The quantitative estimate of drug-likeness (QED) is 0.673. The zero-order chi connectivity index (χ0) is 22.7. The van der Waals surface area contributed by atoms with Crippen LogP contribution in [0.2, 0.25) is 0 Å². The summed E-state index contributed by atoms with van der Waals surface area (Å²) in [5, 5.41) is 9.66. The zero-order valence-electron chi connectivity index (χ0n) is 18.4. The van der Waals surface area contributed by atoms with Crippen molar-refractivity contribution in [1.82, 2.24) is 9.80 Å². The van der Waals surface area contributed by atoms with E-state index >= 15 is 0 Å². The Morgan fingerprint density at radius 2 is 1.75 bits per heavy atom. The number of ether oxygens (including phenoxy) is 2. The van der Waals surface area contributed by atoms with Crippen molar-refractivity contribution < 1.29 is 24.2 Å². The second-order valence-corrected chi connectivity index (χ2v) is 8.11. The van der Waals surface area contributed by atoms with E-state index in [0.717, 1.165) is 24.0 Å². The summed E-state index contributed by atoms with van der Waals surface area (Å²) in [6.07, 6.45) is 1.78. The van der Waals surface area contributed by atoms with Crippen LogP contribution in [-0.4, -0.2) is 60.6 Å².